The third kappa shape index (κ3) is 5.91. The molecule has 1 unspecified atom stereocenters. The van der Waals surface area contributed by atoms with E-state index in [9.17, 15) is 0 Å². The Bertz CT molecular complexity index is 843. The minimum absolute atomic E-state index is 0. The van der Waals surface area contributed by atoms with Crippen LogP contribution in [0.15, 0.2) is 52.3 Å². The second-order valence-electron chi connectivity index (χ2n) is 7.84. The fourth-order valence-electron chi connectivity index (χ4n) is 3.89. The van der Waals surface area contributed by atoms with Crippen LogP contribution in [0.25, 0.3) is 0 Å². The highest BCUT2D eigenvalue weighted by Crippen LogP contribution is 2.49. The summed E-state index contributed by atoms with van der Waals surface area (Å²) in [6.45, 7) is 9.84. The van der Waals surface area contributed by atoms with Gasteiger partial charge in [-0.15, -0.1) is 12.4 Å². The van der Waals surface area contributed by atoms with Crippen LogP contribution in [0.2, 0.25) is 0 Å². The van der Waals surface area contributed by atoms with Gasteiger partial charge in [0.05, 0.1) is 11.4 Å². The lowest BCUT2D eigenvalue weighted by Gasteiger charge is -2.39. The number of nitrogens with zero attached hydrogens (tertiary/aromatic N) is 2. The van der Waals surface area contributed by atoms with Crippen LogP contribution in [0.4, 0.5) is 11.4 Å². The fraction of sp³-hybridized carbons (Fsp3) is 0.458. The summed E-state index contributed by atoms with van der Waals surface area (Å²) in [7, 11) is 2.22. The molecule has 1 N–H and O–H groups in total. The lowest BCUT2D eigenvalue weighted by Crippen LogP contribution is -2.40. The summed E-state index contributed by atoms with van der Waals surface area (Å²) in [6.07, 6.45) is 3.49. The predicted octanol–water partition coefficient (Wildman–Crippen LogP) is 6.51. The maximum Gasteiger partial charge on any atom is 0.106 e. The number of anilines is 2. The molecular weight excluding hydrogens is 430 g/mol. The number of fused-ring (bicyclic) bond motifs is 2. The first-order valence-electron chi connectivity index (χ1n) is 10.7. The fourth-order valence-corrected chi connectivity index (χ4v) is 5.17. The Balaban J connectivity index is 0.00000320. The Hall–Kier alpha value is -1.27. The largest absolute Gasteiger partial charge is 0.376 e. The van der Waals surface area contributed by atoms with Gasteiger partial charge >= 0.3 is 0 Å². The van der Waals surface area contributed by atoms with Crippen molar-refractivity contribution in [3.63, 3.8) is 0 Å². The summed E-state index contributed by atoms with van der Waals surface area (Å²) in [4.78, 5) is 8.40. The van der Waals surface area contributed by atoms with Crippen molar-refractivity contribution in [3.05, 3.63) is 48.0 Å². The molecule has 1 atom stereocenters. The third-order valence-electron chi connectivity index (χ3n) is 5.26. The second-order valence-corrected chi connectivity index (χ2v) is 9.34. The zero-order valence-corrected chi connectivity index (χ0v) is 20.9. The van der Waals surface area contributed by atoms with E-state index in [1.807, 2.05) is 11.8 Å². The molecule has 0 fully saturated rings. The van der Waals surface area contributed by atoms with E-state index in [2.05, 4.69) is 85.4 Å². The summed E-state index contributed by atoms with van der Waals surface area (Å²) in [6, 6.07) is 15.8. The van der Waals surface area contributed by atoms with Gasteiger partial charge in [0.2, 0.25) is 0 Å². The minimum atomic E-state index is 0. The van der Waals surface area contributed by atoms with Crippen LogP contribution in [0, 0.1) is 0 Å². The average molecular weight is 464 g/mol. The standard InChI is InChI=1S/C24H33N3S2.ClH/c1-5-7-14-25-24(28)19-12-13-23-21(16-19)27(18(3)17-26(4)15-6-2)20-10-8-9-11-22(20)29-23;/h8-13,16,18H,5-7,14-15,17H2,1-4H3,(H,25,28);1H. The molecule has 2 aromatic rings. The van der Waals surface area contributed by atoms with Crippen LogP contribution >= 0.6 is 36.4 Å². The Morgan fingerprint density at radius 3 is 2.57 bits per heavy atom. The quantitative estimate of drug-likeness (QED) is 0.336. The van der Waals surface area contributed by atoms with E-state index in [0.29, 0.717) is 6.04 Å². The molecule has 3 rings (SSSR count). The van der Waals surface area contributed by atoms with Crippen molar-refractivity contribution >= 4 is 52.8 Å². The molecule has 1 aliphatic rings. The molecule has 0 radical (unpaired) electrons. The SMILES string of the molecule is CCCCNC(=S)c1ccc2c(c1)N(C(C)CN(C)CCC)c1ccccc1S2.Cl. The second kappa shape index (κ2) is 11.9. The maximum absolute atomic E-state index is 5.68. The highest BCUT2D eigenvalue weighted by atomic mass is 35.5. The van der Waals surface area contributed by atoms with Gasteiger partial charge in [-0.25, -0.2) is 0 Å². The van der Waals surface area contributed by atoms with E-state index in [1.54, 1.807) is 0 Å². The molecule has 30 heavy (non-hydrogen) atoms. The molecule has 164 valence electrons. The van der Waals surface area contributed by atoms with Gasteiger partial charge in [0.1, 0.15) is 4.99 Å². The number of hydrogen-bond acceptors (Lipinski definition) is 4. The number of hydrogen-bond donors (Lipinski definition) is 1. The summed E-state index contributed by atoms with van der Waals surface area (Å²) in [5, 5.41) is 3.42. The van der Waals surface area contributed by atoms with Crippen LogP contribution in [0.3, 0.4) is 0 Å². The minimum Gasteiger partial charge on any atom is -0.376 e. The number of unbranched alkanes of at least 4 members (excludes halogenated alkanes) is 1. The third-order valence-corrected chi connectivity index (χ3v) is 6.77. The zero-order chi connectivity index (χ0) is 20.8. The summed E-state index contributed by atoms with van der Waals surface area (Å²) < 4.78 is 0. The summed E-state index contributed by atoms with van der Waals surface area (Å²) in [5.41, 5.74) is 3.67. The maximum atomic E-state index is 5.68. The highest BCUT2D eigenvalue weighted by molar-refractivity contribution is 7.99. The molecule has 0 aliphatic carbocycles. The van der Waals surface area contributed by atoms with Crippen LogP contribution in [0.1, 0.15) is 45.6 Å². The van der Waals surface area contributed by atoms with Gasteiger partial charge in [-0.1, -0.05) is 62.4 Å². The average Bonchev–Trinajstić information content (AvgIpc) is 2.71. The van der Waals surface area contributed by atoms with E-state index < -0.39 is 0 Å². The van der Waals surface area contributed by atoms with E-state index in [-0.39, 0.29) is 12.4 Å². The molecule has 0 bridgehead atoms. The lowest BCUT2D eigenvalue weighted by molar-refractivity contribution is 0.316. The molecule has 0 amide bonds. The lowest BCUT2D eigenvalue weighted by atomic mass is 10.1. The van der Waals surface area contributed by atoms with Gasteiger partial charge in [0, 0.05) is 34.5 Å². The van der Waals surface area contributed by atoms with Crippen LogP contribution in [-0.2, 0) is 0 Å². The molecule has 0 spiro atoms. The molecule has 1 aliphatic heterocycles. The molecule has 0 aromatic heterocycles. The van der Waals surface area contributed by atoms with Gasteiger partial charge in [0.25, 0.3) is 0 Å². The number of halogens is 1. The van der Waals surface area contributed by atoms with Crippen molar-refractivity contribution in [2.24, 2.45) is 0 Å². The van der Waals surface area contributed by atoms with E-state index in [0.717, 1.165) is 36.6 Å². The Labute approximate surface area is 198 Å². The predicted molar refractivity (Wildman–Crippen MR) is 138 cm³/mol. The van der Waals surface area contributed by atoms with Crippen molar-refractivity contribution < 1.29 is 0 Å². The van der Waals surface area contributed by atoms with E-state index in [1.165, 1.54) is 34.0 Å². The van der Waals surface area contributed by atoms with Crippen LogP contribution in [0.5, 0.6) is 0 Å². The first kappa shape index (κ1) is 25.0. The number of rotatable bonds is 9. The molecule has 3 nitrogen and oxygen atoms in total. The normalized spacial score (nSPS) is 13.3. The van der Waals surface area contributed by atoms with Crippen molar-refractivity contribution in [1.29, 1.82) is 0 Å². The number of nitrogens with one attached hydrogen (secondary N) is 1. The van der Waals surface area contributed by atoms with E-state index in [4.69, 9.17) is 12.2 Å². The Morgan fingerprint density at radius 2 is 1.83 bits per heavy atom. The van der Waals surface area contributed by atoms with Gasteiger partial charge in [-0.2, -0.15) is 0 Å². The zero-order valence-electron chi connectivity index (χ0n) is 18.5. The molecule has 0 saturated heterocycles. The molecular formula is C24H34ClN3S2. The topological polar surface area (TPSA) is 18.5 Å². The van der Waals surface area contributed by atoms with Gasteiger partial charge in [-0.05, 0) is 57.6 Å². The van der Waals surface area contributed by atoms with E-state index >= 15 is 0 Å². The summed E-state index contributed by atoms with van der Waals surface area (Å²) in [5.74, 6) is 0. The van der Waals surface area contributed by atoms with Gasteiger partial charge in [0.15, 0.2) is 0 Å². The molecule has 6 heteroatoms. The van der Waals surface area contributed by atoms with Gasteiger partial charge < -0.3 is 15.1 Å². The number of benzene rings is 2. The van der Waals surface area contributed by atoms with Crippen molar-refractivity contribution in [3.8, 4) is 0 Å². The van der Waals surface area contributed by atoms with Crippen molar-refractivity contribution in [1.82, 2.24) is 10.2 Å². The highest BCUT2D eigenvalue weighted by Gasteiger charge is 2.28. The first-order chi connectivity index (χ1) is 14.0. The molecule has 1 heterocycles. The van der Waals surface area contributed by atoms with Crippen LogP contribution < -0.4 is 10.2 Å². The van der Waals surface area contributed by atoms with Crippen molar-refractivity contribution in [2.45, 2.75) is 55.9 Å². The number of likely N-dealkylation sites (N-methyl/N-ethyl adjacent to an activating group) is 1. The number of para-hydroxylation sites is 1. The smallest absolute Gasteiger partial charge is 0.106 e. The molecule has 0 saturated carbocycles. The number of thiocarbonyl (C=S) groups is 1. The molecule has 2 aromatic carbocycles. The van der Waals surface area contributed by atoms with Gasteiger partial charge in [-0.3, -0.25) is 0 Å². The van der Waals surface area contributed by atoms with Crippen molar-refractivity contribution in [2.75, 3.05) is 31.6 Å². The summed E-state index contributed by atoms with van der Waals surface area (Å²) >= 11 is 7.54. The van der Waals surface area contributed by atoms with Crippen LogP contribution in [-0.4, -0.2) is 42.6 Å². The Kier molecular flexibility index (Phi) is 9.95. The first-order valence-corrected chi connectivity index (χ1v) is 11.9. The monoisotopic (exact) mass is 463 g/mol. The Morgan fingerprint density at radius 1 is 1.10 bits per heavy atom.